The predicted octanol–water partition coefficient (Wildman–Crippen LogP) is 5.13. The molecule has 90 valence electrons. The van der Waals surface area contributed by atoms with Gasteiger partial charge in [-0.3, -0.25) is 0 Å². The second-order valence-corrected chi connectivity index (χ2v) is 8.34. The molecule has 0 aromatic heterocycles. The van der Waals surface area contributed by atoms with E-state index in [0.717, 1.165) is 11.8 Å². The summed E-state index contributed by atoms with van der Waals surface area (Å²) < 4.78 is 0. The Balaban J connectivity index is 3.03. The Labute approximate surface area is 96.8 Å². The topological polar surface area (TPSA) is 0 Å². The lowest BCUT2D eigenvalue weighted by Gasteiger charge is -2.45. The molecule has 1 aliphatic carbocycles. The Morgan fingerprint density at radius 3 is 1.60 bits per heavy atom. The van der Waals surface area contributed by atoms with Gasteiger partial charge >= 0.3 is 0 Å². The molecule has 0 saturated heterocycles. The van der Waals surface area contributed by atoms with E-state index in [-0.39, 0.29) is 0 Å². The first-order valence-corrected chi connectivity index (χ1v) is 6.46. The summed E-state index contributed by atoms with van der Waals surface area (Å²) in [6.07, 6.45) is 2.81. The molecule has 2 atom stereocenters. The van der Waals surface area contributed by atoms with Crippen molar-refractivity contribution in [3.05, 3.63) is 0 Å². The van der Waals surface area contributed by atoms with Crippen LogP contribution in [0.25, 0.3) is 0 Å². The zero-order valence-corrected chi connectivity index (χ0v) is 12.1. The summed E-state index contributed by atoms with van der Waals surface area (Å²) in [4.78, 5) is 0. The second-order valence-electron chi connectivity index (χ2n) is 8.34. The van der Waals surface area contributed by atoms with Crippen molar-refractivity contribution in [1.82, 2.24) is 0 Å². The molecule has 0 nitrogen and oxygen atoms in total. The number of hydrogen-bond donors (Lipinski definition) is 0. The highest BCUT2D eigenvalue weighted by Gasteiger charge is 2.50. The van der Waals surface area contributed by atoms with Gasteiger partial charge in [-0.2, -0.15) is 0 Å². The Kier molecular flexibility index (Phi) is 3.05. The molecule has 0 N–H and O–H groups in total. The largest absolute Gasteiger partial charge is 0.0599 e. The quantitative estimate of drug-likeness (QED) is 0.520. The molecule has 1 aliphatic rings. The number of hydrogen-bond acceptors (Lipinski definition) is 0. The summed E-state index contributed by atoms with van der Waals surface area (Å²) in [6, 6.07) is 0. The van der Waals surface area contributed by atoms with E-state index in [2.05, 4.69) is 55.4 Å². The van der Waals surface area contributed by atoms with Crippen LogP contribution >= 0.6 is 0 Å². The minimum Gasteiger partial charge on any atom is -0.0599 e. The molecule has 0 radical (unpaired) electrons. The molecule has 0 heterocycles. The van der Waals surface area contributed by atoms with Gasteiger partial charge in [0.1, 0.15) is 0 Å². The van der Waals surface area contributed by atoms with Crippen molar-refractivity contribution in [1.29, 1.82) is 0 Å². The molecular weight excluding hydrogens is 180 g/mol. The lowest BCUT2D eigenvalue weighted by atomic mass is 9.60. The van der Waals surface area contributed by atoms with Gasteiger partial charge in [-0.05, 0) is 40.9 Å². The normalized spacial score (nSPS) is 32.0. The SMILES string of the molecule is CC(C)(C)C1CCC(C)(C)C1C(C)(C)C. The summed E-state index contributed by atoms with van der Waals surface area (Å²) in [6.45, 7) is 19.4. The molecule has 1 fully saturated rings. The average Bonchev–Trinajstić information content (AvgIpc) is 2.21. The lowest BCUT2D eigenvalue weighted by Crippen LogP contribution is -2.38. The lowest BCUT2D eigenvalue weighted by molar-refractivity contribution is 0.0344. The molecule has 0 aromatic carbocycles. The van der Waals surface area contributed by atoms with Crippen molar-refractivity contribution in [3.63, 3.8) is 0 Å². The molecular formula is C15H30. The maximum atomic E-state index is 2.47. The number of rotatable bonds is 0. The fourth-order valence-electron chi connectivity index (χ4n) is 4.10. The van der Waals surface area contributed by atoms with E-state index in [9.17, 15) is 0 Å². The highest BCUT2D eigenvalue weighted by molar-refractivity contribution is 5.00. The van der Waals surface area contributed by atoms with Crippen LogP contribution in [0.15, 0.2) is 0 Å². The standard InChI is InChI=1S/C15H30/c1-13(2,3)11-9-10-15(7,8)12(11)14(4,5)6/h11-12H,9-10H2,1-8H3. The fourth-order valence-corrected chi connectivity index (χ4v) is 4.10. The van der Waals surface area contributed by atoms with Crippen molar-refractivity contribution >= 4 is 0 Å². The van der Waals surface area contributed by atoms with Crippen LogP contribution in [0.2, 0.25) is 0 Å². The summed E-state index contributed by atoms with van der Waals surface area (Å²) >= 11 is 0. The van der Waals surface area contributed by atoms with Crippen molar-refractivity contribution in [2.24, 2.45) is 28.1 Å². The molecule has 0 bridgehead atoms. The van der Waals surface area contributed by atoms with Crippen LogP contribution in [0, 0.1) is 28.1 Å². The van der Waals surface area contributed by atoms with Gasteiger partial charge in [0, 0.05) is 0 Å². The monoisotopic (exact) mass is 210 g/mol. The zero-order valence-electron chi connectivity index (χ0n) is 12.1. The Morgan fingerprint density at radius 2 is 1.33 bits per heavy atom. The van der Waals surface area contributed by atoms with Gasteiger partial charge in [0.05, 0.1) is 0 Å². The highest BCUT2D eigenvalue weighted by Crippen LogP contribution is 2.58. The van der Waals surface area contributed by atoms with E-state index in [1.165, 1.54) is 12.8 Å². The van der Waals surface area contributed by atoms with E-state index in [0.29, 0.717) is 16.2 Å². The first-order chi connectivity index (χ1) is 6.46. The van der Waals surface area contributed by atoms with Gasteiger partial charge in [-0.15, -0.1) is 0 Å². The van der Waals surface area contributed by atoms with E-state index in [1.54, 1.807) is 0 Å². The summed E-state index contributed by atoms with van der Waals surface area (Å²) in [5.41, 5.74) is 1.43. The van der Waals surface area contributed by atoms with Gasteiger partial charge in [-0.1, -0.05) is 55.4 Å². The average molecular weight is 210 g/mol. The third kappa shape index (κ3) is 2.57. The molecule has 0 aliphatic heterocycles. The predicted molar refractivity (Wildman–Crippen MR) is 68.9 cm³/mol. The van der Waals surface area contributed by atoms with Crippen molar-refractivity contribution in [2.45, 2.75) is 68.2 Å². The Bertz CT molecular complexity index is 221. The summed E-state index contributed by atoms with van der Waals surface area (Å²) in [5.74, 6) is 1.73. The van der Waals surface area contributed by atoms with Crippen LogP contribution in [0.1, 0.15) is 68.2 Å². The van der Waals surface area contributed by atoms with Crippen LogP contribution in [0.3, 0.4) is 0 Å². The molecule has 0 spiro atoms. The van der Waals surface area contributed by atoms with Gasteiger partial charge in [-0.25, -0.2) is 0 Å². The molecule has 0 aromatic rings. The van der Waals surface area contributed by atoms with Gasteiger partial charge < -0.3 is 0 Å². The second kappa shape index (κ2) is 3.50. The molecule has 1 rings (SSSR count). The fraction of sp³-hybridized carbons (Fsp3) is 1.00. The minimum absolute atomic E-state index is 0.442. The van der Waals surface area contributed by atoms with Gasteiger partial charge in [0.25, 0.3) is 0 Å². The zero-order chi connectivity index (χ0) is 12.1. The summed E-state index contributed by atoms with van der Waals surface area (Å²) in [5, 5.41) is 0. The first-order valence-electron chi connectivity index (χ1n) is 6.46. The molecule has 0 amide bonds. The maximum absolute atomic E-state index is 2.47. The molecule has 0 heteroatoms. The third-order valence-electron chi connectivity index (χ3n) is 4.39. The molecule has 1 saturated carbocycles. The van der Waals surface area contributed by atoms with Gasteiger partial charge in [0.2, 0.25) is 0 Å². The van der Waals surface area contributed by atoms with E-state index >= 15 is 0 Å². The van der Waals surface area contributed by atoms with Crippen LogP contribution in [-0.2, 0) is 0 Å². The highest BCUT2D eigenvalue weighted by atomic mass is 14.6. The summed E-state index contributed by atoms with van der Waals surface area (Å²) in [7, 11) is 0. The maximum Gasteiger partial charge on any atom is -0.0281 e. The van der Waals surface area contributed by atoms with E-state index in [4.69, 9.17) is 0 Å². The van der Waals surface area contributed by atoms with Crippen molar-refractivity contribution in [2.75, 3.05) is 0 Å². The Hall–Kier alpha value is 0. The van der Waals surface area contributed by atoms with Crippen molar-refractivity contribution in [3.8, 4) is 0 Å². The molecule has 2 unspecified atom stereocenters. The van der Waals surface area contributed by atoms with Crippen LogP contribution in [0.5, 0.6) is 0 Å². The first kappa shape index (κ1) is 13.1. The minimum atomic E-state index is 0.442. The van der Waals surface area contributed by atoms with Crippen LogP contribution in [0.4, 0.5) is 0 Å². The van der Waals surface area contributed by atoms with E-state index < -0.39 is 0 Å². The molecule has 15 heavy (non-hydrogen) atoms. The Morgan fingerprint density at radius 1 is 0.867 bits per heavy atom. The third-order valence-corrected chi connectivity index (χ3v) is 4.39. The van der Waals surface area contributed by atoms with Crippen molar-refractivity contribution < 1.29 is 0 Å². The van der Waals surface area contributed by atoms with Crippen LogP contribution < -0.4 is 0 Å². The van der Waals surface area contributed by atoms with Gasteiger partial charge in [0.15, 0.2) is 0 Å². The van der Waals surface area contributed by atoms with Crippen LogP contribution in [-0.4, -0.2) is 0 Å². The smallest absolute Gasteiger partial charge is 0.0281 e. The van der Waals surface area contributed by atoms with E-state index in [1.807, 2.05) is 0 Å².